The summed E-state index contributed by atoms with van der Waals surface area (Å²) in [5.74, 6) is -4.82. The Labute approximate surface area is 218 Å². The average Bonchev–Trinajstić information content (AvgIpc) is 3.38. The molecule has 0 bridgehead atoms. The number of imide groups is 2. The molecule has 0 spiro atoms. The quantitative estimate of drug-likeness (QED) is 0.164. The zero-order valence-electron chi connectivity index (χ0n) is 21.3. The minimum Gasteiger partial charge on any atom is -0.462 e. The average molecular weight is 544 g/mol. The summed E-state index contributed by atoms with van der Waals surface area (Å²) in [5.41, 5.74) is 4.50. The van der Waals surface area contributed by atoms with Gasteiger partial charge < -0.3 is 24.9 Å². The Morgan fingerprint density at radius 3 is 1.11 bits per heavy atom. The Kier molecular flexibility index (Phi) is 14.9. The third kappa shape index (κ3) is 11.9. The van der Waals surface area contributed by atoms with E-state index >= 15 is 0 Å². The van der Waals surface area contributed by atoms with E-state index in [4.69, 9.17) is 19.1 Å². The van der Waals surface area contributed by atoms with Crippen molar-refractivity contribution in [1.29, 1.82) is 0 Å². The van der Waals surface area contributed by atoms with Gasteiger partial charge in [0.1, 0.15) is 13.2 Å². The molecule has 0 saturated carbocycles. The van der Waals surface area contributed by atoms with Gasteiger partial charge in [0, 0.05) is 51.4 Å². The zero-order chi connectivity index (χ0) is 28.5. The van der Waals surface area contributed by atoms with Crippen molar-refractivity contribution in [3.8, 4) is 0 Å². The van der Waals surface area contributed by atoms with E-state index in [2.05, 4.69) is 5.73 Å². The van der Waals surface area contributed by atoms with Gasteiger partial charge in [-0.2, -0.15) is 0 Å². The van der Waals surface area contributed by atoms with Crippen LogP contribution >= 0.6 is 0 Å². The molecule has 2 aliphatic rings. The number of rotatable bonds is 15. The molecule has 2 aliphatic heterocycles. The second-order valence-electron chi connectivity index (χ2n) is 7.95. The van der Waals surface area contributed by atoms with Crippen LogP contribution in [0.4, 0.5) is 0 Å². The second kappa shape index (κ2) is 17.6. The number of unbranched alkanes of at least 4 members (excludes halogenated alkanes) is 2. The molecule has 15 heteroatoms. The predicted octanol–water partition coefficient (Wildman–Crippen LogP) is -0.0171. The van der Waals surface area contributed by atoms with E-state index in [0.29, 0.717) is 23.0 Å². The van der Waals surface area contributed by atoms with Crippen LogP contribution in [0.5, 0.6) is 0 Å². The number of amides is 4. The number of nitrogens with zero attached hydrogens (tertiary/aromatic N) is 2. The molecule has 0 aromatic rings. The first-order valence-corrected chi connectivity index (χ1v) is 12.2. The van der Waals surface area contributed by atoms with E-state index in [1.165, 1.54) is 7.05 Å². The molecular weight excluding hydrogens is 510 g/mol. The van der Waals surface area contributed by atoms with Crippen molar-refractivity contribution in [2.24, 2.45) is 5.73 Å². The summed E-state index contributed by atoms with van der Waals surface area (Å²) in [7, 11) is 1.50. The van der Waals surface area contributed by atoms with E-state index in [0.717, 1.165) is 0 Å². The highest BCUT2D eigenvalue weighted by Gasteiger charge is 2.33. The van der Waals surface area contributed by atoms with E-state index in [9.17, 15) is 38.4 Å². The van der Waals surface area contributed by atoms with Gasteiger partial charge in [0.2, 0.25) is 0 Å². The van der Waals surface area contributed by atoms with Crippen molar-refractivity contribution >= 4 is 47.5 Å². The Morgan fingerprint density at radius 1 is 0.553 bits per heavy atom. The van der Waals surface area contributed by atoms with Crippen molar-refractivity contribution in [3.05, 3.63) is 0 Å². The third-order valence-corrected chi connectivity index (χ3v) is 5.03. The highest BCUT2D eigenvalue weighted by Crippen LogP contribution is 2.14. The van der Waals surface area contributed by atoms with Gasteiger partial charge in [-0.05, 0) is 32.7 Å². The first kappa shape index (κ1) is 32.1. The molecule has 2 N–H and O–H groups in total. The van der Waals surface area contributed by atoms with Gasteiger partial charge in [0.25, 0.3) is 23.6 Å². The van der Waals surface area contributed by atoms with Gasteiger partial charge in [-0.15, -0.1) is 10.1 Å². The van der Waals surface area contributed by atoms with Crippen LogP contribution in [0.15, 0.2) is 0 Å². The first-order chi connectivity index (χ1) is 18.2. The summed E-state index contributed by atoms with van der Waals surface area (Å²) < 4.78 is 9.84. The lowest BCUT2D eigenvalue weighted by atomic mass is 10.2. The highest BCUT2D eigenvalue weighted by molar-refractivity contribution is 6.02. The SMILES string of the molecule is CN.O=C(CCCCC(=O)ON1C(=O)CCC1=O)OCCOC(=O)CCCCC(=O)ON1C(=O)CCC1=O. The van der Waals surface area contributed by atoms with Gasteiger partial charge in [0.15, 0.2) is 0 Å². The Hall–Kier alpha value is -3.88. The Balaban J connectivity index is 0.00000352. The maximum atomic E-state index is 11.7. The molecule has 4 amide bonds. The molecule has 2 heterocycles. The van der Waals surface area contributed by atoms with Crippen molar-refractivity contribution in [3.63, 3.8) is 0 Å². The smallest absolute Gasteiger partial charge is 0.333 e. The van der Waals surface area contributed by atoms with Gasteiger partial charge in [0.05, 0.1) is 0 Å². The maximum absolute atomic E-state index is 11.7. The summed E-state index contributed by atoms with van der Waals surface area (Å²) >= 11 is 0. The minimum atomic E-state index is -0.743. The van der Waals surface area contributed by atoms with E-state index in [-0.39, 0.29) is 77.4 Å². The van der Waals surface area contributed by atoms with Crippen molar-refractivity contribution < 1.29 is 57.5 Å². The van der Waals surface area contributed by atoms with Gasteiger partial charge in [-0.1, -0.05) is 0 Å². The number of carbonyl (C=O) groups excluding carboxylic acids is 8. The summed E-state index contributed by atoms with van der Waals surface area (Å²) in [6.45, 7) is -0.286. The number of hydrogen-bond donors (Lipinski definition) is 1. The Morgan fingerprint density at radius 2 is 0.816 bits per heavy atom. The van der Waals surface area contributed by atoms with Crippen LogP contribution in [0, 0.1) is 0 Å². The molecule has 0 radical (unpaired) electrons. The highest BCUT2D eigenvalue weighted by atomic mass is 16.7. The molecular formula is C23H33N3O12. The number of esters is 2. The molecule has 0 atom stereocenters. The zero-order valence-corrected chi connectivity index (χ0v) is 21.3. The fraction of sp³-hybridized carbons (Fsp3) is 0.652. The number of ether oxygens (including phenoxy) is 2. The molecule has 38 heavy (non-hydrogen) atoms. The third-order valence-electron chi connectivity index (χ3n) is 5.03. The summed E-state index contributed by atoms with van der Waals surface area (Å²) in [5, 5.41) is 0.932. The first-order valence-electron chi connectivity index (χ1n) is 12.2. The van der Waals surface area contributed by atoms with Crippen molar-refractivity contribution in [1.82, 2.24) is 10.1 Å². The largest absolute Gasteiger partial charge is 0.462 e. The Bertz CT molecular complexity index is 800. The van der Waals surface area contributed by atoms with Crippen LogP contribution in [-0.4, -0.2) is 77.9 Å². The molecule has 212 valence electrons. The van der Waals surface area contributed by atoms with E-state index < -0.39 is 47.5 Å². The predicted molar refractivity (Wildman–Crippen MR) is 123 cm³/mol. The van der Waals surface area contributed by atoms with Crippen LogP contribution < -0.4 is 5.73 Å². The van der Waals surface area contributed by atoms with Gasteiger partial charge in [-0.3, -0.25) is 28.8 Å². The lowest BCUT2D eigenvalue weighted by Gasteiger charge is -2.12. The normalized spacial score (nSPS) is 14.7. The van der Waals surface area contributed by atoms with Crippen molar-refractivity contribution in [2.75, 3.05) is 20.3 Å². The number of hydroxylamine groups is 4. The standard InChI is InChI=1S/C22H28N2O12.CH5N/c25-15-9-10-16(26)23(15)35-21(31)7-3-1-5-19(29)33-13-14-34-20(30)6-2-4-8-22(32)36-24-17(27)11-12-18(24)28;1-2/h1-14H2;2H2,1H3. The summed E-state index contributed by atoms with van der Waals surface area (Å²) in [6, 6.07) is 0. The summed E-state index contributed by atoms with van der Waals surface area (Å²) in [4.78, 5) is 102. The topological polar surface area (TPSA) is 206 Å². The number of nitrogens with two attached hydrogens (primary N) is 1. The molecule has 0 aromatic carbocycles. The van der Waals surface area contributed by atoms with Crippen LogP contribution in [0.1, 0.15) is 77.0 Å². The number of hydrogen-bond acceptors (Lipinski definition) is 13. The molecule has 0 unspecified atom stereocenters. The van der Waals surface area contributed by atoms with Crippen LogP contribution in [-0.2, 0) is 57.5 Å². The molecule has 15 nitrogen and oxygen atoms in total. The van der Waals surface area contributed by atoms with Crippen LogP contribution in [0.3, 0.4) is 0 Å². The van der Waals surface area contributed by atoms with E-state index in [1.54, 1.807) is 0 Å². The van der Waals surface area contributed by atoms with Crippen molar-refractivity contribution in [2.45, 2.75) is 77.0 Å². The van der Waals surface area contributed by atoms with Crippen LogP contribution in [0.2, 0.25) is 0 Å². The lowest BCUT2D eigenvalue weighted by Crippen LogP contribution is -2.31. The molecule has 2 rings (SSSR count). The second-order valence-corrected chi connectivity index (χ2v) is 7.95. The van der Waals surface area contributed by atoms with Gasteiger partial charge >= 0.3 is 23.9 Å². The van der Waals surface area contributed by atoms with Crippen LogP contribution in [0.25, 0.3) is 0 Å². The summed E-state index contributed by atoms with van der Waals surface area (Å²) in [6.07, 6.45) is 1.15. The molecule has 2 fully saturated rings. The molecule has 0 aromatic heterocycles. The minimum absolute atomic E-state index is 0.0107. The van der Waals surface area contributed by atoms with Gasteiger partial charge in [-0.25, -0.2) is 9.59 Å². The fourth-order valence-corrected chi connectivity index (χ4v) is 3.14. The molecule has 0 aliphatic carbocycles. The molecule has 2 saturated heterocycles. The monoisotopic (exact) mass is 543 g/mol. The number of carbonyl (C=O) groups is 8. The lowest BCUT2D eigenvalue weighted by molar-refractivity contribution is -0.197. The maximum Gasteiger partial charge on any atom is 0.333 e. The van der Waals surface area contributed by atoms with E-state index in [1.807, 2.05) is 0 Å². The fourth-order valence-electron chi connectivity index (χ4n) is 3.14.